The molecule has 0 aromatic heterocycles. The normalized spacial score (nSPS) is 16.1. The average molecular weight is 264 g/mol. The van der Waals surface area contributed by atoms with Crippen molar-refractivity contribution in [3.8, 4) is 11.5 Å². The lowest BCUT2D eigenvalue weighted by atomic mass is 9.98. The number of rotatable bonds is 5. The van der Waals surface area contributed by atoms with E-state index in [0.717, 1.165) is 12.8 Å². The summed E-state index contributed by atoms with van der Waals surface area (Å²) in [5.74, 6) is 0.219. The highest BCUT2D eigenvalue weighted by molar-refractivity contribution is 5.88. The molecule has 19 heavy (non-hydrogen) atoms. The summed E-state index contributed by atoms with van der Waals surface area (Å²) in [5, 5.41) is 8.99. The zero-order valence-corrected chi connectivity index (χ0v) is 11.2. The number of carbonyl (C=O) groups is 1. The SMILES string of the molecule is CCOc1cc(C(=O)O)ccc1OC1CCCCC1. The summed E-state index contributed by atoms with van der Waals surface area (Å²) in [5.41, 5.74) is 0.222. The predicted molar refractivity (Wildman–Crippen MR) is 72.1 cm³/mol. The number of hydrogen-bond acceptors (Lipinski definition) is 3. The third kappa shape index (κ3) is 3.63. The quantitative estimate of drug-likeness (QED) is 0.884. The molecule has 0 spiro atoms. The third-order valence-corrected chi connectivity index (χ3v) is 3.34. The summed E-state index contributed by atoms with van der Waals surface area (Å²) in [6, 6.07) is 4.79. The van der Waals surface area contributed by atoms with E-state index in [0.29, 0.717) is 18.1 Å². The topological polar surface area (TPSA) is 55.8 Å². The zero-order valence-electron chi connectivity index (χ0n) is 11.2. The van der Waals surface area contributed by atoms with E-state index in [9.17, 15) is 4.79 Å². The van der Waals surface area contributed by atoms with Gasteiger partial charge in [0.2, 0.25) is 0 Å². The summed E-state index contributed by atoms with van der Waals surface area (Å²) in [4.78, 5) is 11.0. The molecular weight excluding hydrogens is 244 g/mol. The molecule has 1 N–H and O–H groups in total. The van der Waals surface area contributed by atoms with Gasteiger partial charge in [0.05, 0.1) is 18.3 Å². The van der Waals surface area contributed by atoms with E-state index in [1.165, 1.54) is 25.3 Å². The monoisotopic (exact) mass is 264 g/mol. The van der Waals surface area contributed by atoms with Crippen LogP contribution >= 0.6 is 0 Å². The van der Waals surface area contributed by atoms with Crippen molar-refractivity contribution in [2.45, 2.75) is 45.1 Å². The fourth-order valence-corrected chi connectivity index (χ4v) is 2.37. The molecule has 1 fully saturated rings. The van der Waals surface area contributed by atoms with Crippen LogP contribution < -0.4 is 9.47 Å². The Morgan fingerprint density at radius 1 is 1.26 bits per heavy atom. The number of aromatic carboxylic acids is 1. The second-order valence-electron chi connectivity index (χ2n) is 4.78. The van der Waals surface area contributed by atoms with Crippen molar-refractivity contribution < 1.29 is 19.4 Å². The van der Waals surface area contributed by atoms with E-state index in [4.69, 9.17) is 14.6 Å². The van der Waals surface area contributed by atoms with Gasteiger partial charge in [-0.1, -0.05) is 6.42 Å². The van der Waals surface area contributed by atoms with E-state index < -0.39 is 5.97 Å². The minimum Gasteiger partial charge on any atom is -0.490 e. The molecule has 1 saturated carbocycles. The molecule has 0 bridgehead atoms. The Kier molecular flexibility index (Phi) is 4.66. The van der Waals surface area contributed by atoms with E-state index in [-0.39, 0.29) is 11.7 Å². The van der Waals surface area contributed by atoms with E-state index in [1.807, 2.05) is 6.92 Å². The number of benzene rings is 1. The molecular formula is C15H20O4. The van der Waals surface area contributed by atoms with Gasteiger partial charge in [-0.05, 0) is 50.8 Å². The van der Waals surface area contributed by atoms with Gasteiger partial charge in [0, 0.05) is 0 Å². The maximum Gasteiger partial charge on any atom is 0.335 e. The van der Waals surface area contributed by atoms with Crippen LogP contribution in [0, 0.1) is 0 Å². The summed E-state index contributed by atoms with van der Waals surface area (Å²) >= 11 is 0. The summed E-state index contributed by atoms with van der Waals surface area (Å²) < 4.78 is 11.4. The largest absolute Gasteiger partial charge is 0.490 e. The summed E-state index contributed by atoms with van der Waals surface area (Å²) in [6.45, 7) is 2.36. The Morgan fingerprint density at radius 3 is 2.63 bits per heavy atom. The maximum absolute atomic E-state index is 11.0. The molecule has 0 saturated heterocycles. The Balaban J connectivity index is 2.15. The molecule has 0 aliphatic heterocycles. The first-order valence-electron chi connectivity index (χ1n) is 6.87. The van der Waals surface area contributed by atoms with Crippen LogP contribution in [0.25, 0.3) is 0 Å². The Morgan fingerprint density at radius 2 is 2.00 bits per heavy atom. The highest BCUT2D eigenvalue weighted by atomic mass is 16.5. The first-order valence-corrected chi connectivity index (χ1v) is 6.87. The van der Waals surface area contributed by atoms with Crippen molar-refractivity contribution in [3.05, 3.63) is 23.8 Å². The Labute approximate surface area is 113 Å². The Hall–Kier alpha value is -1.71. The van der Waals surface area contributed by atoms with E-state index in [2.05, 4.69) is 0 Å². The number of carboxylic acids is 1. The first-order chi connectivity index (χ1) is 9.20. The van der Waals surface area contributed by atoms with Crippen LogP contribution in [-0.4, -0.2) is 23.8 Å². The number of carboxylic acid groups (broad SMARTS) is 1. The van der Waals surface area contributed by atoms with Gasteiger partial charge in [-0.15, -0.1) is 0 Å². The molecule has 0 heterocycles. The van der Waals surface area contributed by atoms with Crippen LogP contribution in [0.1, 0.15) is 49.4 Å². The third-order valence-electron chi connectivity index (χ3n) is 3.34. The predicted octanol–water partition coefficient (Wildman–Crippen LogP) is 3.50. The van der Waals surface area contributed by atoms with Crippen molar-refractivity contribution in [2.24, 2.45) is 0 Å². The summed E-state index contributed by atoms with van der Waals surface area (Å²) in [6.07, 6.45) is 6.02. The van der Waals surface area contributed by atoms with Crippen LogP contribution in [0.5, 0.6) is 11.5 Å². The Bertz CT molecular complexity index is 436. The molecule has 0 unspecified atom stereocenters. The maximum atomic E-state index is 11.0. The van der Waals surface area contributed by atoms with Crippen molar-refractivity contribution in [1.29, 1.82) is 0 Å². The minimum absolute atomic E-state index is 0.222. The van der Waals surface area contributed by atoms with Gasteiger partial charge in [-0.2, -0.15) is 0 Å². The van der Waals surface area contributed by atoms with Gasteiger partial charge in [-0.3, -0.25) is 0 Å². The minimum atomic E-state index is -0.954. The van der Waals surface area contributed by atoms with Crippen LogP contribution in [0.3, 0.4) is 0 Å². The van der Waals surface area contributed by atoms with Crippen molar-refractivity contribution >= 4 is 5.97 Å². The van der Waals surface area contributed by atoms with Crippen molar-refractivity contribution in [1.82, 2.24) is 0 Å². The average Bonchev–Trinajstić information content (AvgIpc) is 2.42. The molecule has 4 nitrogen and oxygen atoms in total. The molecule has 1 aliphatic carbocycles. The van der Waals surface area contributed by atoms with Gasteiger partial charge in [-0.25, -0.2) is 4.79 Å². The van der Waals surface area contributed by atoms with Crippen molar-refractivity contribution in [3.63, 3.8) is 0 Å². The molecule has 1 aromatic rings. The molecule has 1 aliphatic rings. The highest BCUT2D eigenvalue weighted by Gasteiger charge is 2.18. The fourth-order valence-electron chi connectivity index (χ4n) is 2.37. The highest BCUT2D eigenvalue weighted by Crippen LogP contribution is 2.32. The van der Waals surface area contributed by atoms with E-state index in [1.54, 1.807) is 12.1 Å². The molecule has 0 atom stereocenters. The van der Waals surface area contributed by atoms with E-state index >= 15 is 0 Å². The van der Waals surface area contributed by atoms with Gasteiger partial charge in [0.25, 0.3) is 0 Å². The molecule has 1 aromatic carbocycles. The van der Waals surface area contributed by atoms with Gasteiger partial charge < -0.3 is 14.6 Å². The van der Waals surface area contributed by atoms with Crippen LogP contribution in [-0.2, 0) is 0 Å². The fraction of sp³-hybridized carbons (Fsp3) is 0.533. The lowest BCUT2D eigenvalue weighted by Crippen LogP contribution is -2.20. The van der Waals surface area contributed by atoms with Crippen molar-refractivity contribution in [2.75, 3.05) is 6.61 Å². The molecule has 0 radical (unpaired) electrons. The molecule has 2 rings (SSSR count). The summed E-state index contributed by atoms with van der Waals surface area (Å²) in [7, 11) is 0. The molecule has 4 heteroatoms. The molecule has 0 amide bonds. The van der Waals surface area contributed by atoms with Crippen LogP contribution in [0.4, 0.5) is 0 Å². The lowest BCUT2D eigenvalue weighted by molar-refractivity contribution is 0.0696. The van der Waals surface area contributed by atoms with Gasteiger partial charge in [0.1, 0.15) is 0 Å². The van der Waals surface area contributed by atoms with Gasteiger partial charge >= 0.3 is 5.97 Å². The lowest BCUT2D eigenvalue weighted by Gasteiger charge is -2.24. The van der Waals surface area contributed by atoms with Gasteiger partial charge in [0.15, 0.2) is 11.5 Å². The number of ether oxygens (including phenoxy) is 2. The molecule has 104 valence electrons. The smallest absolute Gasteiger partial charge is 0.335 e. The van der Waals surface area contributed by atoms with Crippen LogP contribution in [0.2, 0.25) is 0 Å². The second kappa shape index (κ2) is 6.45. The first kappa shape index (κ1) is 13.7. The number of hydrogen-bond donors (Lipinski definition) is 1. The van der Waals surface area contributed by atoms with Crippen LogP contribution in [0.15, 0.2) is 18.2 Å². The zero-order chi connectivity index (χ0) is 13.7. The second-order valence-corrected chi connectivity index (χ2v) is 4.78. The standard InChI is InChI=1S/C15H20O4/c1-2-18-14-10-11(15(16)17)8-9-13(14)19-12-6-4-3-5-7-12/h8-10,12H,2-7H2,1H3,(H,16,17).